The summed E-state index contributed by atoms with van der Waals surface area (Å²) >= 11 is 5.36. The van der Waals surface area contributed by atoms with E-state index in [-0.39, 0.29) is 0 Å². The first kappa shape index (κ1) is 18.6. The number of hydrogen-bond donors (Lipinski definition) is 2. The lowest BCUT2D eigenvalue weighted by Gasteiger charge is -2.17. The molecule has 0 bridgehead atoms. The van der Waals surface area contributed by atoms with Gasteiger partial charge < -0.3 is 9.88 Å². The van der Waals surface area contributed by atoms with Crippen molar-refractivity contribution in [2.45, 2.75) is 59.4 Å². The number of nitrogens with one attached hydrogen (secondary N) is 2. The summed E-state index contributed by atoms with van der Waals surface area (Å²) in [6, 6.07) is 9.12. The lowest BCUT2D eigenvalue weighted by atomic mass is 10.1. The first-order chi connectivity index (χ1) is 12.5. The zero-order chi connectivity index (χ0) is 18.7. The van der Waals surface area contributed by atoms with Crippen LogP contribution in [0.25, 0.3) is 0 Å². The second-order valence-corrected chi connectivity index (χ2v) is 7.69. The predicted octanol–water partition coefficient (Wildman–Crippen LogP) is 5.16. The Hall–Kier alpha value is -2.14. The average Bonchev–Trinajstić information content (AvgIpc) is 3.19. The van der Waals surface area contributed by atoms with Gasteiger partial charge in [-0.1, -0.05) is 25.0 Å². The minimum atomic E-state index is 0.500. The van der Waals surface area contributed by atoms with Gasteiger partial charge in [-0.3, -0.25) is 5.43 Å². The third kappa shape index (κ3) is 4.15. The molecule has 1 aliphatic carbocycles. The Kier molecular flexibility index (Phi) is 5.77. The zero-order valence-corrected chi connectivity index (χ0v) is 16.9. The Balaban J connectivity index is 1.64. The van der Waals surface area contributed by atoms with Crippen LogP contribution >= 0.6 is 12.2 Å². The molecular formula is C21H28N4S. The molecule has 0 spiro atoms. The quantitative estimate of drug-likeness (QED) is 0.445. The van der Waals surface area contributed by atoms with Crippen molar-refractivity contribution < 1.29 is 0 Å². The zero-order valence-electron chi connectivity index (χ0n) is 16.1. The maximum atomic E-state index is 5.36. The van der Waals surface area contributed by atoms with E-state index in [9.17, 15) is 0 Å². The molecule has 1 fully saturated rings. The van der Waals surface area contributed by atoms with Gasteiger partial charge in [0.05, 0.1) is 6.21 Å². The molecule has 1 aromatic heterocycles. The number of aromatic nitrogens is 1. The van der Waals surface area contributed by atoms with E-state index in [0.29, 0.717) is 11.2 Å². The van der Waals surface area contributed by atoms with Crippen LogP contribution in [0.1, 0.15) is 59.8 Å². The number of thiocarbonyl (C=S) groups is 1. The van der Waals surface area contributed by atoms with Gasteiger partial charge in [0.25, 0.3) is 0 Å². The summed E-state index contributed by atoms with van der Waals surface area (Å²) in [4.78, 5) is 0. The molecule has 2 N–H and O–H groups in total. The molecule has 0 amide bonds. The molecule has 0 aliphatic heterocycles. The van der Waals surface area contributed by atoms with Crippen molar-refractivity contribution in [3.05, 3.63) is 52.3 Å². The van der Waals surface area contributed by atoms with Gasteiger partial charge in [-0.15, -0.1) is 0 Å². The largest absolute Gasteiger partial charge is 0.345 e. The van der Waals surface area contributed by atoms with Gasteiger partial charge in [0, 0.05) is 28.7 Å². The van der Waals surface area contributed by atoms with Crippen molar-refractivity contribution in [2.24, 2.45) is 5.10 Å². The Bertz CT molecular complexity index is 829. The van der Waals surface area contributed by atoms with Gasteiger partial charge in [0.15, 0.2) is 5.11 Å². The predicted molar refractivity (Wildman–Crippen MR) is 114 cm³/mol. The minimum absolute atomic E-state index is 0.500. The Morgan fingerprint density at radius 3 is 2.62 bits per heavy atom. The van der Waals surface area contributed by atoms with Crippen LogP contribution in [0.4, 0.5) is 5.69 Å². The fourth-order valence-electron chi connectivity index (χ4n) is 3.84. The van der Waals surface area contributed by atoms with E-state index < -0.39 is 0 Å². The highest BCUT2D eigenvalue weighted by atomic mass is 32.1. The van der Waals surface area contributed by atoms with Gasteiger partial charge >= 0.3 is 0 Å². The number of anilines is 1. The number of aryl methyl sites for hydroxylation is 3. The SMILES string of the molecule is Cc1ccc(C)c(NC(=S)N/N=C\c2cc(C)n(C3CCCC3)c2C)c1. The third-order valence-corrected chi connectivity index (χ3v) is 5.42. The lowest BCUT2D eigenvalue weighted by Crippen LogP contribution is -2.24. The first-order valence-corrected chi connectivity index (χ1v) is 9.72. The van der Waals surface area contributed by atoms with E-state index in [0.717, 1.165) is 16.8 Å². The summed E-state index contributed by atoms with van der Waals surface area (Å²) in [6.07, 6.45) is 7.12. The molecule has 0 unspecified atom stereocenters. The van der Waals surface area contributed by atoms with Gasteiger partial charge in [-0.25, -0.2) is 0 Å². The molecule has 3 rings (SSSR count). The number of benzene rings is 1. The van der Waals surface area contributed by atoms with Crippen LogP contribution in [0.3, 0.4) is 0 Å². The summed E-state index contributed by atoms with van der Waals surface area (Å²) in [5.74, 6) is 0. The van der Waals surface area contributed by atoms with E-state index in [4.69, 9.17) is 12.2 Å². The molecule has 0 atom stereocenters. The normalized spacial score (nSPS) is 14.9. The van der Waals surface area contributed by atoms with Crippen molar-refractivity contribution in [1.82, 2.24) is 9.99 Å². The molecule has 4 nitrogen and oxygen atoms in total. The van der Waals surface area contributed by atoms with Gasteiger partial charge in [0.1, 0.15) is 0 Å². The van der Waals surface area contributed by atoms with Crippen LogP contribution in [-0.4, -0.2) is 15.9 Å². The van der Waals surface area contributed by atoms with E-state index >= 15 is 0 Å². The van der Waals surface area contributed by atoms with Crippen LogP contribution < -0.4 is 10.7 Å². The molecule has 1 saturated carbocycles. The highest BCUT2D eigenvalue weighted by Gasteiger charge is 2.20. The number of hydrogen-bond acceptors (Lipinski definition) is 2. The molecule has 0 saturated heterocycles. The van der Waals surface area contributed by atoms with E-state index in [1.165, 1.54) is 42.6 Å². The monoisotopic (exact) mass is 368 g/mol. The molecule has 1 aliphatic rings. The Morgan fingerprint density at radius 2 is 1.88 bits per heavy atom. The Morgan fingerprint density at radius 1 is 1.15 bits per heavy atom. The topological polar surface area (TPSA) is 41.4 Å². The fourth-order valence-corrected chi connectivity index (χ4v) is 4.00. The lowest BCUT2D eigenvalue weighted by molar-refractivity contribution is 0.500. The summed E-state index contributed by atoms with van der Waals surface area (Å²) in [6.45, 7) is 8.49. The second kappa shape index (κ2) is 8.04. The number of rotatable bonds is 4. The Labute approximate surface area is 161 Å². The molecule has 1 heterocycles. The van der Waals surface area contributed by atoms with Crippen molar-refractivity contribution in [1.29, 1.82) is 0 Å². The fraction of sp³-hybridized carbons (Fsp3) is 0.429. The van der Waals surface area contributed by atoms with E-state index in [1.54, 1.807) is 0 Å². The second-order valence-electron chi connectivity index (χ2n) is 7.28. The van der Waals surface area contributed by atoms with Crippen LogP contribution in [0.2, 0.25) is 0 Å². The summed E-state index contributed by atoms with van der Waals surface area (Å²) in [7, 11) is 0. The summed E-state index contributed by atoms with van der Waals surface area (Å²) in [5, 5.41) is 8.05. The van der Waals surface area contributed by atoms with Crippen LogP contribution in [0.15, 0.2) is 29.4 Å². The molecule has 138 valence electrons. The van der Waals surface area contributed by atoms with Crippen LogP contribution in [0.5, 0.6) is 0 Å². The molecule has 0 radical (unpaired) electrons. The van der Waals surface area contributed by atoms with E-state index in [1.807, 2.05) is 6.21 Å². The van der Waals surface area contributed by atoms with Crippen molar-refractivity contribution in [3.8, 4) is 0 Å². The van der Waals surface area contributed by atoms with Crippen LogP contribution in [-0.2, 0) is 0 Å². The minimum Gasteiger partial charge on any atom is -0.345 e. The van der Waals surface area contributed by atoms with E-state index in [2.05, 4.69) is 72.4 Å². The maximum Gasteiger partial charge on any atom is 0.191 e. The highest BCUT2D eigenvalue weighted by molar-refractivity contribution is 7.80. The highest BCUT2D eigenvalue weighted by Crippen LogP contribution is 2.33. The molecule has 2 aromatic rings. The molecular weight excluding hydrogens is 340 g/mol. The maximum absolute atomic E-state index is 5.36. The smallest absolute Gasteiger partial charge is 0.191 e. The average molecular weight is 369 g/mol. The standard InChI is InChI=1S/C21H28N4S/c1-14-9-10-15(2)20(11-14)23-21(26)24-22-13-18-12-16(3)25(17(18)4)19-7-5-6-8-19/h9-13,19H,5-8H2,1-4H3,(H2,23,24,26)/b22-13-. The van der Waals surface area contributed by atoms with Crippen molar-refractivity contribution >= 4 is 29.2 Å². The summed E-state index contributed by atoms with van der Waals surface area (Å²) in [5.41, 5.74) is 10.0. The van der Waals surface area contributed by atoms with Gasteiger partial charge in [-0.05, 0) is 76.0 Å². The number of nitrogens with zero attached hydrogens (tertiary/aromatic N) is 2. The van der Waals surface area contributed by atoms with Gasteiger partial charge in [0.2, 0.25) is 0 Å². The summed E-state index contributed by atoms with van der Waals surface area (Å²) < 4.78 is 2.47. The van der Waals surface area contributed by atoms with Crippen molar-refractivity contribution in [3.63, 3.8) is 0 Å². The molecule has 1 aromatic carbocycles. The van der Waals surface area contributed by atoms with Gasteiger partial charge in [-0.2, -0.15) is 5.10 Å². The first-order valence-electron chi connectivity index (χ1n) is 9.31. The molecule has 26 heavy (non-hydrogen) atoms. The van der Waals surface area contributed by atoms with Crippen LogP contribution in [0, 0.1) is 27.7 Å². The van der Waals surface area contributed by atoms with Crippen molar-refractivity contribution in [2.75, 3.05) is 5.32 Å². The molecule has 5 heteroatoms. The number of hydrazone groups is 1. The third-order valence-electron chi connectivity index (χ3n) is 5.22.